The molecule has 2 heterocycles. The molecule has 0 aliphatic rings. The van der Waals surface area contributed by atoms with Crippen LogP contribution in [0.25, 0.3) is 20.2 Å². The van der Waals surface area contributed by atoms with Crippen molar-refractivity contribution >= 4 is 54.8 Å². The highest BCUT2D eigenvalue weighted by molar-refractivity contribution is 7.27. The molecule has 0 saturated heterocycles. The van der Waals surface area contributed by atoms with Gasteiger partial charge in [-0.15, -0.1) is 22.7 Å². The molecular weight excluding hydrogens is 464 g/mol. The van der Waals surface area contributed by atoms with Crippen molar-refractivity contribution in [3.05, 3.63) is 105 Å². The molecule has 2 aromatic heterocycles. The maximum atomic E-state index is 13.5. The maximum Gasteiger partial charge on any atom is 0.340 e. The minimum Gasteiger partial charge on any atom is -0.457 e. The van der Waals surface area contributed by atoms with Crippen LogP contribution in [-0.4, -0.2) is 11.9 Å². The second-order valence-electron chi connectivity index (χ2n) is 8.07. The summed E-state index contributed by atoms with van der Waals surface area (Å²) in [6.07, 6.45) is 0. The van der Waals surface area contributed by atoms with Crippen LogP contribution in [0.4, 0.5) is 0 Å². The van der Waals surface area contributed by atoms with Crippen LogP contribution in [0, 0.1) is 13.8 Å². The number of rotatable bonds is 6. The summed E-state index contributed by atoms with van der Waals surface area (Å²) < 4.78 is 13.4. The molecule has 6 heteroatoms. The Morgan fingerprint density at radius 1 is 0.647 bits per heavy atom. The van der Waals surface area contributed by atoms with Crippen molar-refractivity contribution in [2.24, 2.45) is 0 Å². The average Bonchev–Trinajstić information content (AvgIpc) is 3.43. The van der Waals surface area contributed by atoms with Gasteiger partial charge in [0.05, 0.1) is 20.5 Å². The minimum atomic E-state index is -0.524. The minimum absolute atomic E-state index is 0.128. The zero-order valence-electron chi connectivity index (χ0n) is 18.8. The summed E-state index contributed by atoms with van der Waals surface area (Å²) in [5, 5.41) is 1.48. The monoisotopic (exact) mass is 486 g/mol. The van der Waals surface area contributed by atoms with Gasteiger partial charge in [-0.25, -0.2) is 9.59 Å². The first-order valence-electron chi connectivity index (χ1n) is 10.9. The molecule has 170 valence electrons. The van der Waals surface area contributed by atoms with Gasteiger partial charge >= 0.3 is 11.9 Å². The van der Waals surface area contributed by atoms with Gasteiger partial charge < -0.3 is 9.47 Å². The number of hydrogen-bond donors (Lipinski definition) is 0. The third kappa shape index (κ3) is 4.34. The molecule has 0 spiro atoms. The van der Waals surface area contributed by atoms with Crippen molar-refractivity contribution in [2.45, 2.75) is 27.1 Å². The number of esters is 2. The Labute approximate surface area is 205 Å². The molecule has 4 nitrogen and oxygen atoms in total. The second kappa shape index (κ2) is 9.41. The Balaban J connectivity index is 1.60. The highest BCUT2D eigenvalue weighted by Gasteiger charge is 2.28. The van der Waals surface area contributed by atoms with Gasteiger partial charge in [0.1, 0.15) is 13.2 Å². The fourth-order valence-electron chi connectivity index (χ4n) is 4.02. The van der Waals surface area contributed by atoms with Crippen molar-refractivity contribution in [1.82, 2.24) is 0 Å². The van der Waals surface area contributed by atoms with Crippen molar-refractivity contribution in [3.63, 3.8) is 0 Å². The lowest BCUT2D eigenvalue weighted by molar-refractivity contribution is 0.0429. The molecule has 3 aromatic carbocycles. The predicted octanol–water partition coefficient (Wildman–Crippen LogP) is 7.45. The molecule has 0 N–H and O–H groups in total. The van der Waals surface area contributed by atoms with E-state index in [4.69, 9.17) is 9.47 Å². The predicted molar refractivity (Wildman–Crippen MR) is 138 cm³/mol. The first kappa shape index (κ1) is 22.3. The molecule has 0 atom stereocenters. The van der Waals surface area contributed by atoms with Crippen LogP contribution < -0.4 is 0 Å². The van der Waals surface area contributed by atoms with Crippen LogP contribution in [0.1, 0.15) is 41.6 Å². The van der Waals surface area contributed by atoms with E-state index in [0.29, 0.717) is 0 Å². The molecule has 0 amide bonds. The molecule has 5 aromatic rings. The normalized spacial score (nSPS) is 11.1. The molecule has 0 aliphatic heterocycles. The maximum absolute atomic E-state index is 13.5. The summed E-state index contributed by atoms with van der Waals surface area (Å²) >= 11 is 3.24. The van der Waals surface area contributed by atoms with Crippen molar-refractivity contribution in [3.8, 4) is 0 Å². The Kier molecular flexibility index (Phi) is 6.18. The number of ether oxygens (including phenoxy) is 2. The summed E-state index contributed by atoms with van der Waals surface area (Å²) in [4.78, 5) is 29.1. The van der Waals surface area contributed by atoms with Gasteiger partial charge in [0.2, 0.25) is 0 Å². The van der Waals surface area contributed by atoms with Crippen LogP contribution in [0.5, 0.6) is 0 Å². The third-order valence-corrected chi connectivity index (χ3v) is 7.80. The molecule has 0 aliphatic carbocycles. The smallest absolute Gasteiger partial charge is 0.340 e. The summed E-state index contributed by atoms with van der Waals surface area (Å²) in [6.45, 7) is 4.26. The average molecular weight is 487 g/mol. The Bertz CT molecular complexity index is 1380. The standard InChI is InChI=1S/C28H22O4S2/c1-17-13-21-23(27(29)31-15-19-9-5-3-6-10-19)24(22-14-18(2)34-26(22)25(21)33-17)28(30)32-16-20-11-7-4-8-12-20/h3-14H,15-16H2,1-2H3. The lowest BCUT2D eigenvalue weighted by Crippen LogP contribution is -2.15. The fourth-order valence-corrected chi connectivity index (χ4v) is 6.22. The summed E-state index contributed by atoms with van der Waals surface area (Å²) in [6, 6.07) is 22.9. The van der Waals surface area contributed by atoms with Gasteiger partial charge in [-0.1, -0.05) is 60.7 Å². The SMILES string of the molecule is Cc1cc2c(C(=O)OCc3ccccc3)c(C(=O)OCc3ccccc3)c3cc(C)sc3c2s1. The molecule has 5 rings (SSSR count). The van der Waals surface area contributed by atoms with E-state index in [2.05, 4.69) is 0 Å². The van der Waals surface area contributed by atoms with E-state index in [-0.39, 0.29) is 24.3 Å². The van der Waals surface area contributed by atoms with Gasteiger partial charge in [0.15, 0.2) is 0 Å². The van der Waals surface area contributed by atoms with Crippen LogP contribution >= 0.6 is 22.7 Å². The van der Waals surface area contributed by atoms with Gasteiger partial charge in [0, 0.05) is 20.5 Å². The van der Waals surface area contributed by atoms with E-state index in [1.165, 1.54) is 0 Å². The summed E-state index contributed by atoms with van der Waals surface area (Å²) in [5.74, 6) is -1.05. The highest BCUT2D eigenvalue weighted by atomic mass is 32.1. The molecular formula is C28H22O4S2. The third-order valence-electron chi connectivity index (χ3n) is 5.54. The number of thiophene rings is 2. The topological polar surface area (TPSA) is 52.6 Å². The zero-order chi connectivity index (χ0) is 23.7. The number of carbonyl (C=O) groups excluding carboxylic acids is 2. The summed E-state index contributed by atoms with van der Waals surface area (Å²) in [5.41, 5.74) is 2.32. The second-order valence-corrected chi connectivity index (χ2v) is 10.6. The van der Waals surface area contributed by atoms with E-state index in [9.17, 15) is 9.59 Å². The molecule has 0 saturated carbocycles. The van der Waals surface area contributed by atoms with Gasteiger partial charge in [-0.2, -0.15) is 0 Å². The fraction of sp³-hybridized carbons (Fsp3) is 0.143. The lowest BCUT2D eigenvalue weighted by Gasteiger charge is -2.13. The molecule has 0 bridgehead atoms. The molecule has 0 unspecified atom stereocenters. The number of hydrogen-bond acceptors (Lipinski definition) is 6. The quantitative estimate of drug-likeness (QED) is 0.234. The number of fused-ring (bicyclic) bond motifs is 3. The zero-order valence-corrected chi connectivity index (χ0v) is 20.4. The van der Waals surface area contributed by atoms with Gasteiger partial charge in [-0.3, -0.25) is 0 Å². The first-order chi connectivity index (χ1) is 16.5. The van der Waals surface area contributed by atoms with Crippen LogP contribution in [0.15, 0.2) is 72.8 Å². The van der Waals surface area contributed by atoms with Crippen LogP contribution in [-0.2, 0) is 22.7 Å². The highest BCUT2D eigenvalue weighted by Crippen LogP contribution is 2.42. The van der Waals surface area contributed by atoms with Gasteiger partial charge in [-0.05, 0) is 37.1 Å². The summed E-state index contributed by atoms with van der Waals surface area (Å²) in [7, 11) is 0. The number of benzene rings is 3. The largest absolute Gasteiger partial charge is 0.457 e. The van der Waals surface area contributed by atoms with Crippen LogP contribution in [0.3, 0.4) is 0 Å². The van der Waals surface area contributed by atoms with E-state index in [1.54, 1.807) is 22.7 Å². The van der Waals surface area contributed by atoms with E-state index in [1.807, 2.05) is 86.6 Å². The number of aryl methyl sites for hydroxylation is 2. The lowest BCUT2D eigenvalue weighted by atomic mass is 9.99. The molecule has 34 heavy (non-hydrogen) atoms. The van der Waals surface area contributed by atoms with Gasteiger partial charge in [0.25, 0.3) is 0 Å². The van der Waals surface area contributed by atoms with E-state index in [0.717, 1.165) is 41.1 Å². The Morgan fingerprint density at radius 2 is 1.03 bits per heavy atom. The molecule has 0 radical (unpaired) electrons. The molecule has 0 fully saturated rings. The first-order valence-corrected chi connectivity index (χ1v) is 12.5. The Morgan fingerprint density at radius 3 is 1.41 bits per heavy atom. The Hall–Kier alpha value is -3.48. The van der Waals surface area contributed by atoms with E-state index < -0.39 is 11.9 Å². The van der Waals surface area contributed by atoms with Crippen LogP contribution in [0.2, 0.25) is 0 Å². The number of carbonyl (C=O) groups is 2. The van der Waals surface area contributed by atoms with Crippen molar-refractivity contribution in [2.75, 3.05) is 0 Å². The van der Waals surface area contributed by atoms with E-state index >= 15 is 0 Å². The van der Waals surface area contributed by atoms with Crippen molar-refractivity contribution in [1.29, 1.82) is 0 Å². The van der Waals surface area contributed by atoms with Crippen molar-refractivity contribution < 1.29 is 19.1 Å².